The number of rotatable bonds is 6. The van der Waals surface area contributed by atoms with Crippen LogP contribution in [0.3, 0.4) is 0 Å². The Morgan fingerprint density at radius 3 is 2.62 bits per heavy atom. The van der Waals surface area contributed by atoms with Crippen molar-refractivity contribution in [1.29, 1.82) is 0 Å². The van der Waals surface area contributed by atoms with E-state index in [-0.39, 0.29) is 18.2 Å². The molecule has 0 radical (unpaired) electrons. The van der Waals surface area contributed by atoms with Crippen molar-refractivity contribution in [3.05, 3.63) is 71.2 Å². The van der Waals surface area contributed by atoms with E-state index in [1.54, 1.807) is 23.2 Å². The van der Waals surface area contributed by atoms with E-state index in [1.807, 2.05) is 6.07 Å². The van der Waals surface area contributed by atoms with Gasteiger partial charge >= 0.3 is 11.5 Å². The number of carbonyl (C=O) groups is 3. The summed E-state index contributed by atoms with van der Waals surface area (Å²) in [6.45, 7) is 4.07. The lowest BCUT2D eigenvalue weighted by atomic mass is 9.91. The Morgan fingerprint density at radius 1 is 0.976 bits per heavy atom. The molecule has 4 aliphatic heterocycles. The molecule has 1 N–H and O–H groups in total. The average molecular weight is 570 g/mol. The van der Waals surface area contributed by atoms with Crippen LogP contribution in [-0.2, 0) is 31.8 Å². The highest BCUT2D eigenvalue weighted by Gasteiger charge is 2.39. The van der Waals surface area contributed by atoms with Gasteiger partial charge < -0.3 is 14.1 Å². The van der Waals surface area contributed by atoms with Gasteiger partial charge in [0.15, 0.2) is 5.76 Å². The first-order valence-electron chi connectivity index (χ1n) is 14.7. The molecule has 216 valence electrons. The maximum Gasteiger partial charge on any atom is 0.352 e. The van der Waals surface area contributed by atoms with E-state index in [2.05, 4.69) is 39.5 Å². The maximum absolute atomic E-state index is 13.0. The number of benzene rings is 2. The van der Waals surface area contributed by atoms with Crippen LogP contribution < -0.4 is 5.32 Å². The van der Waals surface area contributed by atoms with Crippen LogP contribution in [0, 0.1) is 0 Å². The number of oxazole rings is 1. The summed E-state index contributed by atoms with van der Waals surface area (Å²) < 4.78 is 17.8. The van der Waals surface area contributed by atoms with Crippen molar-refractivity contribution in [1.82, 2.24) is 20.1 Å². The highest BCUT2D eigenvalue weighted by Crippen LogP contribution is 2.31. The molecule has 7 rings (SSSR count). The zero-order valence-corrected chi connectivity index (χ0v) is 23.3. The lowest BCUT2D eigenvalue weighted by Crippen LogP contribution is -2.52. The summed E-state index contributed by atoms with van der Waals surface area (Å²) >= 11 is 0. The smallest absolute Gasteiger partial charge is 0.352 e. The van der Waals surface area contributed by atoms with Gasteiger partial charge in [-0.2, -0.15) is 0 Å². The van der Waals surface area contributed by atoms with E-state index >= 15 is 0 Å². The Morgan fingerprint density at radius 2 is 1.81 bits per heavy atom. The number of piperidine rings is 1. The first-order valence-corrected chi connectivity index (χ1v) is 14.7. The molecule has 3 amide bonds. The second-order valence-corrected chi connectivity index (χ2v) is 11.4. The molecule has 0 bridgehead atoms. The van der Waals surface area contributed by atoms with E-state index < -0.39 is 11.9 Å². The molecular weight excluding hydrogens is 536 g/mol. The van der Waals surface area contributed by atoms with Gasteiger partial charge in [0.25, 0.3) is 5.91 Å². The van der Waals surface area contributed by atoms with Crippen molar-refractivity contribution in [2.75, 3.05) is 26.3 Å². The Bertz CT molecular complexity index is 1560. The number of aromatic nitrogens is 1. The zero-order chi connectivity index (χ0) is 28.6. The van der Waals surface area contributed by atoms with Crippen LogP contribution in [0.25, 0.3) is 11.3 Å². The van der Waals surface area contributed by atoms with Crippen molar-refractivity contribution >= 4 is 23.5 Å². The fourth-order valence-corrected chi connectivity index (χ4v) is 6.35. The lowest BCUT2D eigenvalue weighted by molar-refractivity contribution is -0.368. The van der Waals surface area contributed by atoms with E-state index in [9.17, 15) is 14.4 Å². The van der Waals surface area contributed by atoms with Crippen molar-refractivity contribution < 1.29 is 28.0 Å². The van der Waals surface area contributed by atoms with Crippen molar-refractivity contribution in [3.8, 4) is 17.1 Å². The molecule has 3 saturated heterocycles. The molecule has 10 heteroatoms. The fraction of sp³-hybridized carbons (Fsp3) is 0.406. The van der Waals surface area contributed by atoms with Crippen LogP contribution in [0.1, 0.15) is 65.4 Å². The molecule has 0 aliphatic carbocycles. The zero-order valence-electron chi connectivity index (χ0n) is 23.3. The summed E-state index contributed by atoms with van der Waals surface area (Å²) in [5, 5.41) is 2.34. The van der Waals surface area contributed by atoms with Gasteiger partial charge in [-0.25, -0.2) is 9.41 Å². The largest absolute Gasteiger partial charge is 0.439 e. The van der Waals surface area contributed by atoms with E-state index in [0.717, 1.165) is 61.7 Å². The highest BCUT2D eigenvalue weighted by molar-refractivity contribution is 6.05. The molecule has 3 fully saturated rings. The van der Waals surface area contributed by atoms with E-state index in [4.69, 9.17) is 13.6 Å². The molecule has 5 heterocycles. The van der Waals surface area contributed by atoms with E-state index in [0.29, 0.717) is 49.2 Å². The minimum Gasteiger partial charge on any atom is -0.439 e. The summed E-state index contributed by atoms with van der Waals surface area (Å²) in [7, 11) is 0. The number of carbonyl (C=O) groups excluding carboxylic acids is 4. The number of nitrogens with one attached hydrogen (secondary N) is 1. The third kappa shape index (κ3) is 5.39. The van der Waals surface area contributed by atoms with Crippen LogP contribution in [-0.4, -0.2) is 70.6 Å². The molecule has 0 spiro atoms. The van der Waals surface area contributed by atoms with Gasteiger partial charge in [0.1, 0.15) is 12.6 Å². The number of fused-ring (bicyclic) bond motifs is 1. The normalized spacial score (nSPS) is 22.7. The average Bonchev–Trinajstić information content (AvgIpc) is 3.73. The number of amides is 3. The summed E-state index contributed by atoms with van der Waals surface area (Å²) in [5.74, 6) is 2.72. The van der Waals surface area contributed by atoms with Crippen LogP contribution >= 0.6 is 0 Å². The first-order chi connectivity index (χ1) is 20.5. The van der Waals surface area contributed by atoms with Gasteiger partial charge in [0, 0.05) is 56.0 Å². The van der Waals surface area contributed by atoms with Crippen molar-refractivity contribution in [2.24, 2.45) is 0 Å². The molecule has 42 heavy (non-hydrogen) atoms. The molecule has 1 unspecified atom stereocenters. The van der Waals surface area contributed by atoms with Crippen molar-refractivity contribution in [2.45, 2.75) is 57.2 Å². The van der Waals surface area contributed by atoms with Crippen LogP contribution in [0.15, 0.2) is 53.1 Å². The predicted octanol–water partition coefficient (Wildman–Crippen LogP) is 3.72. The standard InChI is InChI=1S/C32H32N4O6/c37-29-8-7-27(31(38)34-29)36-17-23-15-24(5-6-26(23)32(36)39)41-25-9-12-35(18-25)19-30-33-16-28(42-30)22-3-1-20(2-4-22)21-10-13-40-14-11-21/h1-6,15-16,21,27H,7-14,17-19H2/p+1. The number of imide groups is 1. The Hall–Kier alpha value is -4.15. The Kier molecular flexibility index (Phi) is 7.17. The van der Waals surface area contributed by atoms with Gasteiger partial charge in [0.2, 0.25) is 17.7 Å². The number of hydrogen-bond acceptors (Lipinski definition) is 7. The predicted molar refractivity (Wildman–Crippen MR) is 152 cm³/mol. The van der Waals surface area contributed by atoms with Crippen LogP contribution in [0.4, 0.5) is 0 Å². The number of hydrogen-bond donors (Lipinski definition) is 1. The lowest BCUT2D eigenvalue weighted by Gasteiger charge is -2.29. The topological polar surface area (TPSA) is 116 Å². The monoisotopic (exact) mass is 569 g/mol. The van der Waals surface area contributed by atoms with Gasteiger partial charge in [-0.15, -0.1) is 0 Å². The number of ketones is 1. The molecule has 4 aliphatic rings. The number of nitrogens with zero attached hydrogens (tertiary/aromatic N) is 3. The van der Waals surface area contributed by atoms with Crippen LogP contribution in [0.2, 0.25) is 0 Å². The minimum atomic E-state index is -0.628. The molecule has 10 nitrogen and oxygen atoms in total. The second-order valence-electron chi connectivity index (χ2n) is 11.4. The second kappa shape index (κ2) is 11.3. The molecular formula is C32H33N4O6+. The van der Waals surface area contributed by atoms with E-state index in [1.165, 1.54) is 5.56 Å². The van der Waals surface area contributed by atoms with Crippen LogP contribution in [0.5, 0.6) is 5.75 Å². The third-order valence-corrected chi connectivity index (χ3v) is 8.66. The number of ether oxygens (including phenoxy) is 1. The summed E-state index contributed by atoms with van der Waals surface area (Å²) in [4.78, 5) is 45.1. The van der Waals surface area contributed by atoms with Crippen molar-refractivity contribution in [3.63, 3.8) is 0 Å². The molecule has 2 aromatic carbocycles. The quantitative estimate of drug-likeness (QED) is 0.355. The van der Waals surface area contributed by atoms with Gasteiger partial charge in [-0.3, -0.25) is 24.6 Å². The minimum absolute atomic E-state index is 0.189. The third-order valence-electron chi connectivity index (χ3n) is 8.66. The molecule has 3 aromatic rings. The summed E-state index contributed by atoms with van der Waals surface area (Å²) in [6, 6.07) is 13.4. The Balaban J connectivity index is 0.964. The van der Waals surface area contributed by atoms with Gasteiger partial charge in [0.05, 0.1) is 19.2 Å². The summed E-state index contributed by atoms with van der Waals surface area (Å²) in [6.07, 6.45) is 5.30. The maximum atomic E-state index is 13.0. The first kappa shape index (κ1) is 26.7. The fourth-order valence-electron chi connectivity index (χ4n) is 6.35. The highest BCUT2D eigenvalue weighted by atomic mass is 16.5. The SMILES string of the molecule is O=C1CCC(N2Cc3cc([O+]=C4CCN(Cc5ncc(-c6ccc(C7CCOCC7)cc6)o5)C4)ccc3C2=O)C(=O)N1. The molecule has 1 atom stereocenters. The molecule has 1 aromatic heterocycles. The van der Waals surface area contributed by atoms with Gasteiger partial charge in [-0.1, -0.05) is 24.3 Å². The van der Waals surface area contributed by atoms with Gasteiger partial charge in [-0.05, 0) is 42.4 Å². The Labute approximate surface area is 243 Å². The molecule has 0 saturated carbocycles. The summed E-state index contributed by atoms with van der Waals surface area (Å²) in [5.41, 5.74) is 3.77. The number of likely N-dealkylation sites (tertiary alicyclic amines) is 1.